The Bertz CT molecular complexity index is 820. The Labute approximate surface area is 162 Å². The number of phenols is 1. The average molecular weight is 389 g/mol. The van der Waals surface area contributed by atoms with Crippen LogP contribution < -0.4 is 10.6 Å². The number of carboxylic acids is 1. The number of hydrogen-bond donors (Lipinski definition) is 4. The van der Waals surface area contributed by atoms with E-state index >= 15 is 0 Å². The van der Waals surface area contributed by atoms with Gasteiger partial charge in [0.15, 0.2) is 5.82 Å². The second-order valence-corrected chi connectivity index (χ2v) is 7.00. The second kappa shape index (κ2) is 8.98. The summed E-state index contributed by atoms with van der Waals surface area (Å²) in [5, 5.41) is 23.8. The summed E-state index contributed by atoms with van der Waals surface area (Å²) < 4.78 is 5.16. The van der Waals surface area contributed by atoms with Crippen molar-refractivity contribution in [2.75, 3.05) is 11.9 Å². The van der Waals surface area contributed by atoms with Gasteiger partial charge in [0.1, 0.15) is 17.7 Å². The number of benzene rings is 1. The molecule has 0 aliphatic heterocycles. The Morgan fingerprint density at radius 3 is 2.46 bits per heavy atom. The summed E-state index contributed by atoms with van der Waals surface area (Å²) >= 11 is 0. The number of rotatable bonds is 7. The molecule has 0 radical (unpaired) electrons. The van der Waals surface area contributed by atoms with E-state index in [1.165, 1.54) is 18.5 Å². The molecule has 1 aromatic carbocycles. The summed E-state index contributed by atoms with van der Waals surface area (Å²) in [5.74, 6) is -0.337. The largest absolute Gasteiger partial charge is 0.508 e. The minimum Gasteiger partial charge on any atom is -0.508 e. The molecule has 0 aliphatic rings. The normalized spacial score (nSPS) is 12.1. The van der Waals surface area contributed by atoms with Crippen molar-refractivity contribution in [1.82, 2.24) is 20.3 Å². The molecule has 150 valence electrons. The molecular formula is C18H23N5O5. The van der Waals surface area contributed by atoms with Crippen LogP contribution in [-0.4, -0.2) is 55.4 Å². The van der Waals surface area contributed by atoms with E-state index in [-0.39, 0.29) is 24.7 Å². The maximum absolute atomic E-state index is 11.9. The first kappa shape index (κ1) is 20.9. The van der Waals surface area contributed by atoms with Gasteiger partial charge in [-0.1, -0.05) is 0 Å². The molecule has 0 fully saturated rings. The minimum absolute atomic E-state index is 0.0740. The fourth-order valence-corrected chi connectivity index (χ4v) is 2.20. The number of phenolic OH excluding ortho intramolecular Hbond substituents is 1. The van der Waals surface area contributed by atoms with Crippen LogP contribution in [0.4, 0.5) is 10.7 Å². The highest BCUT2D eigenvalue weighted by Gasteiger charge is 2.21. The highest BCUT2D eigenvalue weighted by Crippen LogP contribution is 2.18. The van der Waals surface area contributed by atoms with E-state index in [4.69, 9.17) is 9.84 Å². The fourth-order valence-electron chi connectivity index (χ4n) is 2.20. The number of alkyl carbamates (subject to hydrolysis) is 1. The summed E-state index contributed by atoms with van der Waals surface area (Å²) in [4.78, 5) is 35.3. The number of aromatic nitrogens is 3. The number of nitrogens with one attached hydrogen (secondary N) is 2. The Kier molecular flexibility index (Phi) is 6.69. The molecule has 1 heterocycles. The van der Waals surface area contributed by atoms with Crippen LogP contribution in [0.1, 0.15) is 27.2 Å². The number of hydrogen-bond acceptors (Lipinski definition) is 8. The summed E-state index contributed by atoms with van der Waals surface area (Å²) in [6.45, 7) is 5.22. The number of amides is 1. The van der Waals surface area contributed by atoms with Crippen molar-refractivity contribution >= 4 is 18.0 Å². The SMILES string of the molecule is CC(C)(C)OC(=O)NC(CNc1ncnc(-c2ccc(O)cc2)n1)CC(=O)O. The summed E-state index contributed by atoms with van der Waals surface area (Å²) in [6.07, 6.45) is 0.300. The summed E-state index contributed by atoms with van der Waals surface area (Å²) in [5.41, 5.74) is -0.0179. The van der Waals surface area contributed by atoms with Gasteiger partial charge in [-0.15, -0.1) is 0 Å². The van der Waals surface area contributed by atoms with Gasteiger partial charge in [-0.2, -0.15) is 4.98 Å². The van der Waals surface area contributed by atoms with E-state index in [9.17, 15) is 14.7 Å². The zero-order chi connectivity index (χ0) is 20.7. The van der Waals surface area contributed by atoms with Crippen LogP contribution in [0.2, 0.25) is 0 Å². The quantitative estimate of drug-likeness (QED) is 0.558. The fraction of sp³-hybridized carbons (Fsp3) is 0.389. The molecule has 10 nitrogen and oxygen atoms in total. The van der Waals surface area contributed by atoms with Gasteiger partial charge in [0.2, 0.25) is 5.95 Å². The van der Waals surface area contributed by atoms with Crippen LogP contribution in [0.5, 0.6) is 5.75 Å². The smallest absolute Gasteiger partial charge is 0.407 e. The van der Waals surface area contributed by atoms with Gasteiger partial charge in [-0.25, -0.2) is 14.8 Å². The number of ether oxygens (including phenoxy) is 1. The molecule has 28 heavy (non-hydrogen) atoms. The Morgan fingerprint density at radius 2 is 1.86 bits per heavy atom. The molecule has 1 atom stereocenters. The van der Waals surface area contributed by atoms with Crippen molar-refractivity contribution in [2.24, 2.45) is 0 Å². The van der Waals surface area contributed by atoms with Gasteiger partial charge in [0.25, 0.3) is 0 Å². The van der Waals surface area contributed by atoms with E-state index in [0.29, 0.717) is 11.4 Å². The predicted molar refractivity (Wildman–Crippen MR) is 101 cm³/mol. The molecule has 1 aromatic heterocycles. The van der Waals surface area contributed by atoms with Gasteiger partial charge in [0, 0.05) is 12.1 Å². The van der Waals surface area contributed by atoms with E-state index < -0.39 is 23.7 Å². The number of carboxylic acid groups (broad SMARTS) is 1. The Hall–Kier alpha value is -3.43. The lowest BCUT2D eigenvalue weighted by Crippen LogP contribution is -2.43. The number of carbonyl (C=O) groups is 2. The van der Waals surface area contributed by atoms with Crippen molar-refractivity contribution in [3.8, 4) is 17.1 Å². The van der Waals surface area contributed by atoms with Crippen LogP contribution in [-0.2, 0) is 9.53 Å². The summed E-state index contributed by atoms with van der Waals surface area (Å²) in [7, 11) is 0. The number of aromatic hydroxyl groups is 1. The van der Waals surface area contributed by atoms with Gasteiger partial charge >= 0.3 is 12.1 Å². The van der Waals surface area contributed by atoms with E-state index in [0.717, 1.165) is 0 Å². The van der Waals surface area contributed by atoms with Crippen LogP contribution in [0, 0.1) is 0 Å². The zero-order valence-electron chi connectivity index (χ0n) is 15.8. The maximum Gasteiger partial charge on any atom is 0.407 e. The molecule has 2 aromatic rings. The van der Waals surface area contributed by atoms with E-state index in [2.05, 4.69) is 25.6 Å². The van der Waals surface area contributed by atoms with Crippen molar-refractivity contribution in [3.05, 3.63) is 30.6 Å². The summed E-state index contributed by atoms with van der Waals surface area (Å²) in [6, 6.07) is 5.61. The molecule has 0 saturated heterocycles. The third kappa shape index (κ3) is 7.06. The first-order valence-electron chi connectivity index (χ1n) is 8.56. The van der Waals surface area contributed by atoms with Crippen LogP contribution in [0.3, 0.4) is 0 Å². The van der Waals surface area contributed by atoms with Crippen molar-refractivity contribution in [3.63, 3.8) is 0 Å². The van der Waals surface area contributed by atoms with Gasteiger partial charge < -0.3 is 25.6 Å². The highest BCUT2D eigenvalue weighted by atomic mass is 16.6. The first-order chi connectivity index (χ1) is 13.1. The lowest BCUT2D eigenvalue weighted by atomic mass is 10.2. The van der Waals surface area contributed by atoms with Crippen molar-refractivity contribution < 1.29 is 24.5 Å². The Balaban J connectivity index is 2.03. The van der Waals surface area contributed by atoms with Gasteiger partial charge in [-0.3, -0.25) is 4.79 Å². The molecule has 0 spiro atoms. The molecule has 0 bridgehead atoms. The van der Waals surface area contributed by atoms with Gasteiger partial charge in [0.05, 0.1) is 12.5 Å². The molecule has 1 amide bonds. The minimum atomic E-state index is -1.07. The van der Waals surface area contributed by atoms with Crippen LogP contribution in [0.25, 0.3) is 11.4 Å². The van der Waals surface area contributed by atoms with E-state index in [1.807, 2.05) is 0 Å². The van der Waals surface area contributed by atoms with E-state index in [1.54, 1.807) is 32.9 Å². The topological polar surface area (TPSA) is 147 Å². The lowest BCUT2D eigenvalue weighted by Gasteiger charge is -2.23. The molecular weight excluding hydrogens is 366 g/mol. The highest BCUT2D eigenvalue weighted by molar-refractivity contribution is 5.71. The number of carbonyl (C=O) groups excluding carboxylic acids is 1. The third-order valence-electron chi connectivity index (χ3n) is 3.35. The third-order valence-corrected chi connectivity index (χ3v) is 3.35. The monoisotopic (exact) mass is 389 g/mol. The number of nitrogens with zero attached hydrogens (tertiary/aromatic N) is 3. The molecule has 0 aliphatic carbocycles. The molecule has 2 rings (SSSR count). The van der Waals surface area contributed by atoms with Crippen molar-refractivity contribution in [2.45, 2.75) is 38.8 Å². The van der Waals surface area contributed by atoms with Crippen LogP contribution >= 0.6 is 0 Å². The first-order valence-corrected chi connectivity index (χ1v) is 8.56. The maximum atomic E-state index is 11.9. The van der Waals surface area contributed by atoms with Crippen molar-refractivity contribution in [1.29, 1.82) is 0 Å². The Morgan fingerprint density at radius 1 is 1.18 bits per heavy atom. The number of aliphatic carboxylic acids is 1. The molecule has 4 N–H and O–H groups in total. The molecule has 1 unspecified atom stereocenters. The number of anilines is 1. The zero-order valence-corrected chi connectivity index (χ0v) is 15.8. The molecule has 0 saturated carbocycles. The van der Waals surface area contributed by atoms with Crippen LogP contribution in [0.15, 0.2) is 30.6 Å². The lowest BCUT2D eigenvalue weighted by molar-refractivity contribution is -0.137. The van der Waals surface area contributed by atoms with Gasteiger partial charge in [-0.05, 0) is 45.0 Å². The average Bonchev–Trinajstić information content (AvgIpc) is 2.58. The predicted octanol–water partition coefficient (Wildman–Crippen LogP) is 2.02. The standard InChI is InChI=1S/C18H23N5O5/c1-18(2,3)28-17(27)22-12(8-14(25)26)9-19-16-21-10-20-15(23-16)11-4-6-13(24)7-5-11/h4-7,10,12,24H,8-9H2,1-3H3,(H,22,27)(H,25,26)(H,19,20,21,23). The second-order valence-electron chi connectivity index (χ2n) is 7.00. The molecule has 10 heteroatoms.